The van der Waals surface area contributed by atoms with Crippen LogP contribution in [0.4, 0.5) is 15.8 Å². The van der Waals surface area contributed by atoms with Gasteiger partial charge in [-0.25, -0.2) is 9.07 Å². The van der Waals surface area contributed by atoms with E-state index in [9.17, 15) is 19.3 Å². The quantitative estimate of drug-likeness (QED) is 0.547. The molecule has 0 atom stereocenters. The second-order valence-corrected chi connectivity index (χ2v) is 6.10. The topological polar surface area (TPSA) is 108 Å². The van der Waals surface area contributed by atoms with E-state index in [2.05, 4.69) is 15.5 Å². The van der Waals surface area contributed by atoms with Crippen LogP contribution >= 0.6 is 0 Å². The summed E-state index contributed by atoms with van der Waals surface area (Å²) in [6, 6.07) is 5.88. The first-order valence-corrected chi connectivity index (χ1v) is 8.05. The fraction of sp³-hybridized carbons (Fsp3) is 0.235. The second-order valence-electron chi connectivity index (χ2n) is 6.10. The van der Waals surface area contributed by atoms with Crippen LogP contribution in [0.1, 0.15) is 27.4 Å². The van der Waals surface area contributed by atoms with Crippen molar-refractivity contribution in [3.8, 4) is 0 Å². The fourth-order valence-electron chi connectivity index (χ4n) is 2.71. The van der Waals surface area contributed by atoms with Crippen LogP contribution in [0.15, 0.2) is 30.5 Å². The zero-order valence-corrected chi connectivity index (χ0v) is 14.9. The summed E-state index contributed by atoms with van der Waals surface area (Å²) in [6.07, 6.45) is 1.55. The molecule has 0 saturated carbocycles. The molecule has 10 heteroatoms. The molecule has 1 aromatic carbocycles. The highest BCUT2D eigenvalue weighted by atomic mass is 19.1. The number of nitro groups is 1. The van der Waals surface area contributed by atoms with Crippen LogP contribution in [0.3, 0.4) is 0 Å². The van der Waals surface area contributed by atoms with Crippen LogP contribution in [-0.4, -0.2) is 30.4 Å². The van der Waals surface area contributed by atoms with Gasteiger partial charge in [-0.3, -0.25) is 19.6 Å². The molecule has 2 heterocycles. The highest BCUT2D eigenvalue weighted by Gasteiger charge is 2.22. The summed E-state index contributed by atoms with van der Waals surface area (Å²) in [7, 11) is 0. The molecule has 1 N–H and O–H groups in total. The molecule has 0 aliphatic rings. The number of halogens is 1. The van der Waals surface area contributed by atoms with E-state index in [1.807, 2.05) is 0 Å². The summed E-state index contributed by atoms with van der Waals surface area (Å²) in [4.78, 5) is 22.9. The van der Waals surface area contributed by atoms with Crippen LogP contribution in [0.25, 0.3) is 0 Å². The van der Waals surface area contributed by atoms with E-state index in [0.29, 0.717) is 11.4 Å². The number of hydrogen-bond acceptors (Lipinski definition) is 5. The highest BCUT2D eigenvalue weighted by molar-refractivity contribution is 6.02. The fourth-order valence-corrected chi connectivity index (χ4v) is 2.71. The van der Waals surface area contributed by atoms with Gasteiger partial charge in [-0.2, -0.15) is 10.2 Å². The minimum atomic E-state index is -0.558. The lowest BCUT2D eigenvalue weighted by atomic mass is 10.2. The van der Waals surface area contributed by atoms with Crippen LogP contribution < -0.4 is 5.32 Å². The zero-order valence-electron chi connectivity index (χ0n) is 14.9. The lowest BCUT2D eigenvalue weighted by Crippen LogP contribution is -2.16. The molecule has 0 spiro atoms. The lowest BCUT2D eigenvalue weighted by molar-refractivity contribution is -0.386. The summed E-state index contributed by atoms with van der Waals surface area (Å²) in [6.45, 7) is 5.04. The molecule has 0 aliphatic carbocycles. The van der Waals surface area contributed by atoms with Crippen LogP contribution in [0.2, 0.25) is 0 Å². The summed E-state index contributed by atoms with van der Waals surface area (Å²) < 4.78 is 16.6. The largest absolute Gasteiger partial charge is 0.318 e. The van der Waals surface area contributed by atoms with E-state index in [0.717, 1.165) is 5.56 Å². The van der Waals surface area contributed by atoms with Crippen LogP contribution in [0.5, 0.6) is 0 Å². The molecule has 0 saturated heterocycles. The van der Waals surface area contributed by atoms with Gasteiger partial charge in [0.15, 0.2) is 5.69 Å². The maximum absolute atomic E-state index is 13.8. The van der Waals surface area contributed by atoms with E-state index in [4.69, 9.17) is 0 Å². The van der Waals surface area contributed by atoms with E-state index in [1.54, 1.807) is 33.0 Å². The van der Waals surface area contributed by atoms with Crippen molar-refractivity contribution < 1.29 is 14.1 Å². The first kappa shape index (κ1) is 18.2. The Hall–Kier alpha value is -3.56. The number of amides is 1. The minimum absolute atomic E-state index is 0.0463. The average molecular weight is 372 g/mol. The molecule has 3 aromatic rings. The van der Waals surface area contributed by atoms with Crippen molar-refractivity contribution in [3.63, 3.8) is 0 Å². The van der Waals surface area contributed by atoms with Crippen LogP contribution in [0, 0.1) is 36.7 Å². The highest BCUT2D eigenvalue weighted by Crippen LogP contribution is 2.21. The number of aromatic nitrogens is 4. The third-order valence-corrected chi connectivity index (χ3v) is 4.05. The number of carbonyl (C=O) groups excluding carboxylic acids is 1. The summed E-state index contributed by atoms with van der Waals surface area (Å²) >= 11 is 0. The Labute approximate surface area is 153 Å². The van der Waals surface area contributed by atoms with E-state index in [-0.39, 0.29) is 23.7 Å². The predicted molar refractivity (Wildman–Crippen MR) is 95.1 cm³/mol. The molecule has 0 radical (unpaired) electrons. The Bertz CT molecular complexity index is 1040. The van der Waals surface area contributed by atoms with Gasteiger partial charge >= 0.3 is 5.69 Å². The van der Waals surface area contributed by atoms with Crippen LogP contribution in [-0.2, 0) is 6.67 Å². The Morgan fingerprint density at radius 2 is 2.00 bits per heavy atom. The molecule has 0 fully saturated rings. The Balaban J connectivity index is 1.77. The van der Waals surface area contributed by atoms with Gasteiger partial charge in [0.05, 0.1) is 10.6 Å². The number of nitrogens with one attached hydrogen (secondary N) is 1. The molecule has 0 bridgehead atoms. The molecular weight excluding hydrogens is 355 g/mol. The van der Waals surface area contributed by atoms with E-state index < -0.39 is 16.6 Å². The smallest absolute Gasteiger partial charge is 0.312 e. The molecule has 3 rings (SSSR count). The molecule has 9 nitrogen and oxygen atoms in total. The third kappa shape index (κ3) is 3.68. The summed E-state index contributed by atoms with van der Waals surface area (Å²) in [5.41, 5.74) is 1.62. The first-order chi connectivity index (χ1) is 12.8. The predicted octanol–water partition coefficient (Wildman–Crippen LogP) is 2.81. The van der Waals surface area contributed by atoms with Crippen molar-refractivity contribution in [1.82, 2.24) is 19.6 Å². The monoisotopic (exact) mass is 372 g/mol. The molecular formula is C17H17FN6O3. The normalized spacial score (nSPS) is 10.8. The Morgan fingerprint density at radius 1 is 1.26 bits per heavy atom. The van der Waals surface area contributed by atoms with Gasteiger partial charge in [-0.05, 0) is 44.5 Å². The minimum Gasteiger partial charge on any atom is -0.318 e. The number of anilines is 1. The van der Waals surface area contributed by atoms with Crippen molar-refractivity contribution in [1.29, 1.82) is 0 Å². The Morgan fingerprint density at radius 3 is 2.67 bits per heavy atom. The number of aryl methyl sites for hydroxylation is 2. The maximum Gasteiger partial charge on any atom is 0.312 e. The van der Waals surface area contributed by atoms with Crippen molar-refractivity contribution in [2.45, 2.75) is 27.4 Å². The molecule has 27 heavy (non-hydrogen) atoms. The summed E-state index contributed by atoms with van der Waals surface area (Å²) in [5.74, 6) is -1.10. The van der Waals surface area contributed by atoms with Gasteiger partial charge in [0.2, 0.25) is 0 Å². The van der Waals surface area contributed by atoms with E-state index in [1.165, 1.54) is 27.6 Å². The third-order valence-electron chi connectivity index (χ3n) is 4.05. The number of benzene rings is 1. The van der Waals surface area contributed by atoms with Gasteiger partial charge < -0.3 is 5.32 Å². The number of nitrogens with zero attached hydrogens (tertiary/aromatic N) is 5. The summed E-state index contributed by atoms with van der Waals surface area (Å²) in [5, 5.41) is 21.8. The van der Waals surface area contributed by atoms with Crippen molar-refractivity contribution in [2.24, 2.45) is 0 Å². The standard InChI is InChI=1S/C17H17FN6O3/c1-10-4-5-13(18)15(8-10)19-17(25)14-6-7-22(21-14)9-23-12(3)16(24(26)27)11(2)20-23/h4-8H,9H2,1-3H3,(H,19,25). The van der Waals surface area contributed by atoms with Gasteiger partial charge in [-0.15, -0.1) is 0 Å². The average Bonchev–Trinajstić information content (AvgIpc) is 3.16. The second kappa shape index (κ2) is 6.98. The Kier molecular flexibility index (Phi) is 4.72. The number of rotatable bonds is 5. The number of hydrogen-bond donors (Lipinski definition) is 1. The first-order valence-electron chi connectivity index (χ1n) is 8.05. The SMILES string of the molecule is Cc1ccc(F)c(NC(=O)c2ccn(Cn3nc(C)c([N+](=O)[O-])c3C)n2)c1. The molecule has 140 valence electrons. The lowest BCUT2D eigenvalue weighted by Gasteiger charge is -2.06. The zero-order chi connectivity index (χ0) is 19.7. The van der Waals surface area contributed by atoms with Gasteiger partial charge in [-0.1, -0.05) is 6.07 Å². The van der Waals surface area contributed by atoms with Crippen molar-refractivity contribution in [2.75, 3.05) is 5.32 Å². The maximum atomic E-state index is 13.8. The van der Waals surface area contributed by atoms with Gasteiger partial charge in [0.1, 0.15) is 23.9 Å². The molecule has 2 aromatic heterocycles. The van der Waals surface area contributed by atoms with Gasteiger partial charge in [0, 0.05) is 6.20 Å². The van der Waals surface area contributed by atoms with Crippen molar-refractivity contribution in [3.05, 3.63) is 69.0 Å². The molecule has 0 aliphatic heterocycles. The molecule has 1 amide bonds. The van der Waals surface area contributed by atoms with E-state index >= 15 is 0 Å². The van der Waals surface area contributed by atoms with Crippen molar-refractivity contribution >= 4 is 17.3 Å². The molecule has 0 unspecified atom stereocenters. The van der Waals surface area contributed by atoms with Gasteiger partial charge in [0.25, 0.3) is 5.91 Å². The number of carbonyl (C=O) groups is 1.